The SMILES string of the molecule is NC(=O)c1c(F)ccc(OCCc2nc(Br)c(Cl)s2)c1F. The molecule has 0 radical (unpaired) electrons. The predicted octanol–water partition coefficient (Wildman–Crippen LogP) is 3.56. The zero-order chi connectivity index (χ0) is 15.6. The number of carbonyl (C=O) groups is 1. The summed E-state index contributed by atoms with van der Waals surface area (Å²) in [6.45, 7) is 0.0943. The molecule has 0 aliphatic carbocycles. The third-order valence-corrected chi connectivity index (χ3v) is 4.85. The summed E-state index contributed by atoms with van der Waals surface area (Å²) < 4.78 is 33.4. The van der Waals surface area contributed by atoms with Gasteiger partial charge in [-0.15, -0.1) is 11.3 Å². The predicted molar refractivity (Wildman–Crippen MR) is 78.9 cm³/mol. The number of primary amides is 1. The number of amides is 1. The summed E-state index contributed by atoms with van der Waals surface area (Å²) in [6.07, 6.45) is 0.388. The summed E-state index contributed by atoms with van der Waals surface area (Å²) in [5, 5.41) is 0.699. The maximum absolute atomic E-state index is 13.9. The summed E-state index contributed by atoms with van der Waals surface area (Å²) in [7, 11) is 0. The highest BCUT2D eigenvalue weighted by Crippen LogP contribution is 2.29. The molecule has 4 nitrogen and oxygen atoms in total. The molecule has 0 atom stereocenters. The highest BCUT2D eigenvalue weighted by atomic mass is 79.9. The molecule has 0 spiro atoms. The number of aromatic nitrogens is 1. The number of nitrogens with zero attached hydrogens (tertiary/aromatic N) is 1. The number of ether oxygens (including phenoxy) is 1. The van der Waals surface area contributed by atoms with Gasteiger partial charge in [0.25, 0.3) is 5.91 Å². The molecule has 0 aliphatic rings. The smallest absolute Gasteiger partial charge is 0.254 e. The molecule has 21 heavy (non-hydrogen) atoms. The summed E-state index contributed by atoms with van der Waals surface area (Å²) in [6, 6.07) is 2.03. The average Bonchev–Trinajstić information content (AvgIpc) is 2.71. The molecule has 2 N–H and O–H groups in total. The zero-order valence-electron chi connectivity index (χ0n) is 10.3. The first-order valence-corrected chi connectivity index (χ1v) is 7.60. The van der Waals surface area contributed by atoms with Gasteiger partial charge in [-0.05, 0) is 28.1 Å². The Morgan fingerprint density at radius 3 is 2.76 bits per heavy atom. The van der Waals surface area contributed by atoms with Gasteiger partial charge in [0.15, 0.2) is 11.6 Å². The van der Waals surface area contributed by atoms with E-state index in [1.165, 1.54) is 11.3 Å². The van der Waals surface area contributed by atoms with Crippen LogP contribution in [0.1, 0.15) is 15.4 Å². The van der Waals surface area contributed by atoms with Crippen molar-refractivity contribution in [3.05, 3.63) is 43.3 Å². The van der Waals surface area contributed by atoms with Crippen LogP contribution in [0.2, 0.25) is 4.34 Å². The number of rotatable bonds is 5. The topological polar surface area (TPSA) is 65.2 Å². The zero-order valence-corrected chi connectivity index (χ0v) is 13.5. The second-order valence-corrected chi connectivity index (χ2v) is 6.31. The van der Waals surface area contributed by atoms with Crippen molar-refractivity contribution in [3.63, 3.8) is 0 Å². The van der Waals surface area contributed by atoms with Gasteiger partial charge in [-0.3, -0.25) is 4.79 Å². The van der Waals surface area contributed by atoms with Crippen molar-refractivity contribution in [1.82, 2.24) is 4.98 Å². The monoisotopic (exact) mass is 396 g/mol. The van der Waals surface area contributed by atoms with Crippen LogP contribution in [0.4, 0.5) is 8.78 Å². The Kier molecular flexibility index (Phi) is 5.13. The van der Waals surface area contributed by atoms with Crippen molar-refractivity contribution in [3.8, 4) is 5.75 Å². The first kappa shape index (κ1) is 16.1. The van der Waals surface area contributed by atoms with E-state index in [0.717, 1.165) is 12.1 Å². The second kappa shape index (κ2) is 6.67. The molecule has 1 amide bonds. The van der Waals surface area contributed by atoms with Gasteiger partial charge in [-0.2, -0.15) is 0 Å². The fraction of sp³-hybridized carbons (Fsp3) is 0.167. The fourth-order valence-electron chi connectivity index (χ4n) is 1.55. The highest BCUT2D eigenvalue weighted by Gasteiger charge is 2.19. The lowest BCUT2D eigenvalue weighted by Crippen LogP contribution is -2.16. The molecule has 1 aromatic carbocycles. The number of carbonyl (C=O) groups excluding carboxylic acids is 1. The number of halogens is 4. The quantitative estimate of drug-likeness (QED) is 0.839. The average molecular weight is 398 g/mol. The Hall–Kier alpha value is -1.25. The minimum atomic E-state index is -1.19. The van der Waals surface area contributed by atoms with Gasteiger partial charge >= 0.3 is 0 Å². The molecule has 0 bridgehead atoms. The molecule has 112 valence electrons. The molecule has 0 unspecified atom stereocenters. The Bertz CT molecular complexity index is 677. The first-order valence-electron chi connectivity index (χ1n) is 5.61. The Balaban J connectivity index is 2.07. The van der Waals surface area contributed by atoms with E-state index in [4.69, 9.17) is 22.1 Å². The maximum Gasteiger partial charge on any atom is 0.254 e. The Morgan fingerprint density at radius 1 is 1.48 bits per heavy atom. The largest absolute Gasteiger partial charge is 0.490 e. The van der Waals surface area contributed by atoms with Crippen molar-refractivity contribution < 1.29 is 18.3 Å². The maximum atomic E-state index is 13.9. The van der Waals surface area contributed by atoms with Crippen LogP contribution >= 0.6 is 38.9 Å². The number of thiazole rings is 1. The van der Waals surface area contributed by atoms with Crippen molar-refractivity contribution in [2.24, 2.45) is 5.73 Å². The summed E-state index contributed by atoms with van der Waals surface area (Å²) in [5.41, 5.74) is 4.11. The summed E-state index contributed by atoms with van der Waals surface area (Å²) in [4.78, 5) is 15.1. The normalized spacial score (nSPS) is 10.7. The van der Waals surface area contributed by atoms with Gasteiger partial charge in [-0.1, -0.05) is 11.6 Å². The van der Waals surface area contributed by atoms with Crippen molar-refractivity contribution in [1.29, 1.82) is 0 Å². The van der Waals surface area contributed by atoms with E-state index < -0.39 is 23.1 Å². The van der Waals surface area contributed by atoms with E-state index >= 15 is 0 Å². The molecule has 0 saturated carbocycles. The van der Waals surface area contributed by atoms with Crippen LogP contribution in [0.5, 0.6) is 5.75 Å². The van der Waals surface area contributed by atoms with E-state index in [0.29, 0.717) is 20.4 Å². The van der Waals surface area contributed by atoms with Gasteiger partial charge < -0.3 is 10.5 Å². The van der Waals surface area contributed by atoms with E-state index in [1.807, 2.05) is 0 Å². The lowest BCUT2D eigenvalue weighted by Gasteiger charge is -2.08. The van der Waals surface area contributed by atoms with Gasteiger partial charge in [-0.25, -0.2) is 13.8 Å². The molecule has 1 heterocycles. The molecule has 1 aromatic heterocycles. The van der Waals surface area contributed by atoms with Crippen LogP contribution in [0.3, 0.4) is 0 Å². The van der Waals surface area contributed by atoms with Crippen LogP contribution in [0.25, 0.3) is 0 Å². The van der Waals surface area contributed by atoms with Gasteiger partial charge in [0.05, 0.1) is 11.6 Å². The number of hydrogen-bond acceptors (Lipinski definition) is 4. The minimum absolute atomic E-state index is 0.0943. The Morgan fingerprint density at radius 2 is 2.19 bits per heavy atom. The standard InChI is InChI=1S/C12H8BrClF2N2O2S/c13-10-11(14)21-7(18-10)3-4-20-6-2-1-5(15)8(9(6)16)12(17)19/h1-2H,3-4H2,(H2,17,19). The second-order valence-electron chi connectivity index (χ2n) is 3.87. The van der Waals surface area contributed by atoms with E-state index in [9.17, 15) is 13.6 Å². The van der Waals surface area contributed by atoms with Crippen LogP contribution in [-0.2, 0) is 6.42 Å². The van der Waals surface area contributed by atoms with Crippen LogP contribution in [-0.4, -0.2) is 17.5 Å². The molecule has 9 heteroatoms. The first-order chi connectivity index (χ1) is 9.90. The molecule has 0 fully saturated rings. The van der Waals surface area contributed by atoms with Crippen molar-refractivity contribution in [2.45, 2.75) is 6.42 Å². The lowest BCUT2D eigenvalue weighted by atomic mass is 10.1. The van der Waals surface area contributed by atoms with Gasteiger partial charge in [0.1, 0.15) is 20.3 Å². The fourth-order valence-corrected chi connectivity index (χ4v) is 3.09. The Labute approximate surface area is 136 Å². The molecular weight excluding hydrogens is 390 g/mol. The summed E-state index contributed by atoms with van der Waals surface area (Å²) in [5.74, 6) is -3.57. The molecule has 2 aromatic rings. The molecule has 0 saturated heterocycles. The lowest BCUT2D eigenvalue weighted by molar-refractivity contribution is 0.0991. The van der Waals surface area contributed by atoms with Crippen molar-refractivity contribution in [2.75, 3.05) is 6.61 Å². The van der Waals surface area contributed by atoms with E-state index in [1.54, 1.807) is 0 Å². The van der Waals surface area contributed by atoms with E-state index in [-0.39, 0.29) is 12.4 Å². The third-order valence-electron chi connectivity index (χ3n) is 2.47. The molecular formula is C12H8BrClF2N2O2S. The minimum Gasteiger partial charge on any atom is -0.490 e. The van der Waals surface area contributed by atoms with Gasteiger partial charge in [0, 0.05) is 6.42 Å². The van der Waals surface area contributed by atoms with Crippen molar-refractivity contribution >= 4 is 44.8 Å². The van der Waals surface area contributed by atoms with E-state index in [2.05, 4.69) is 20.9 Å². The summed E-state index contributed by atoms with van der Waals surface area (Å²) >= 11 is 10.3. The molecule has 0 aliphatic heterocycles. The third kappa shape index (κ3) is 3.69. The van der Waals surface area contributed by atoms with Crippen LogP contribution in [0.15, 0.2) is 16.7 Å². The van der Waals surface area contributed by atoms with Crippen LogP contribution < -0.4 is 10.5 Å². The number of benzene rings is 1. The molecule has 2 rings (SSSR count). The van der Waals surface area contributed by atoms with Gasteiger partial charge in [0.2, 0.25) is 0 Å². The highest BCUT2D eigenvalue weighted by molar-refractivity contribution is 9.10. The number of hydrogen-bond donors (Lipinski definition) is 1. The number of nitrogens with two attached hydrogens (primary N) is 1. The van der Waals surface area contributed by atoms with Crippen LogP contribution in [0, 0.1) is 11.6 Å².